The van der Waals surface area contributed by atoms with Gasteiger partial charge in [-0.15, -0.1) is 0 Å². The second-order valence-corrected chi connectivity index (χ2v) is 2.56. The molecule has 1 rings (SSSR count). The summed E-state index contributed by atoms with van der Waals surface area (Å²) in [4.78, 5) is 10.2. The average molecular weight is 235 g/mol. The highest BCUT2D eigenvalue weighted by Crippen LogP contribution is 2.21. The molecule has 0 fully saturated rings. The number of halogens is 5. The van der Waals surface area contributed by atoms with Crippen LogP contribution in [0.1, 0.15) is 5.56 Å². The van der Waals surface area contributed by atoms with E-state index in [0.717, 1.165) is 0 Å². The first kappa shape index (κ1) is 12.0. The topological polar surface area (TPSA) is 43.1 Å². The normalized spacial score (nSPS) is 9.56. The van der Waals surface area contributed by atoms with Crippen molar-refractivity contribution < 1.29 is 26.7 Å². The quantitative estimate of drug-likeness (QED) is 0.312. The van der Waals surface area contributed by atoms with Crippen LogP contribution in [0.4, 0.5) is 22.0 Å². The summed E-state index contributed by atoms with van der Waals surface area (Å²) in [6, 6.07) is 0. The Morgan fingerprint density at radius 1 is 0.875 bits per heavy atom. The predicted octanol–water partition coefficient (Wildman–Crippen LogP) is 1.22. The highest BCUT2D eigenvalue weighted by molar-refractivity contribution is 5.92. The third-order valence-electron chi connectivity index (χ3n) is 1.52. The molecule has 0 bridgehead atoms. The molecule has 84 valence electrons. The van der Waals surface area contributed by atoms with E-state index < -0.39 is 40.6 Å². The number of benzene rings is 1. The van der Waals surface area contributed by atoms with E-state index in [1.807, 2.05) is 0 Å². The van der Waals surface area contributed by atoms with Crippen LogP contribution < -0.4 is 5.73 Å². The molecule has 0 heterocycles. The lowest BCUT2D eigenvalue weighted by Gasteiger charge is -2.01. The van der Waals surface area contributed by atoms with Crippen molar-refractivity contribution in [2.45, 2.75) is 0 Å². The van der Waals surface area contributed by atoms with E-state index in [9.17, 15) is 26.7 Å². The summed E-state index contributed by atoms with van der Waals surface area (Å²) < 4.78 is 63.4. The molecule has 0 radical (unpaired) electrons. The van der Waals surface area contributed by atoms with Crippen molar-refractivity contribution >= 4 is 5.91 Å². The van der Waals surface area contributed by atoms with Gasteiger partial charge in [0.1, 0.15) is 5.56 Å². The van der Waals surface area contributed by atoms with Crippen molar-refractivity contribution in [1.82, 2.24) is 0 Å². The minimum Gasteiger partial charge on any atom is -0.359 e. The lowest BCUT2D eigenvalue weighted by atomic mass is 10.1. The van der Waals surface area contributed by atoms with Gasteiger partial charge in [-0.05, 0) is 0 Å². The van der Waals surface area contributed by atoms with Crippen LogP contribution in [0, 0.1) is 40.9 Å². The van der Waals surface area contributed by atoms with Crippen LogP contribution in [-0.2, 0) is 4.79 Å². The summed E-state index contributed by atoms with van der Waals surface area (Å²) >= 11 is 0. The molecule has 0 aliphatic carbocycles. The third kappa shape index (κ3) is 1.95. The van der Waals surface area contributed by atoms with Crippen LogP contribution >= 0.6 is 0 Å². The number of carbonyl (C=O) groups is 1. The highest BCUT2D eigenvalue weighted by atomic mass is 19.2. The van der Waals surface area contributed by atoms with Crippen LogP contribution in [0.25, 0.3) is 0 Å². The Morgan fingerprint density at radius 3 is 1.62 bits per heavy atom. The van der Waals surface area contributed by atoms with Crippen molar-refractivity contribution in [2.24, 2.45) is 5.73 Å². The first-order valence-corrected chi connectivity index (χ1v) is 3.69. The first-order chi connectivity index (χ1) is 7.36. The van der Waals surface area contributed by atoms with Crippen molar-refractivity contribution in [2.75, 3.05) is 0 Å². The second-order valence-electron chi connectivity index (χ2n) is 2.56. The van der Waals surface area contributed by atoms with E-state index in [2.05, 4.69) is 5.73 Å². The van der Waals surface area contributed by atoms with Gasteiger partial charge in [0.25, 0.3) is 5.91 Å². The van der Waals surface area contributed by atoms with Gasteiger partial charge in [0.05, 0.1) is 0 Å². The number of amides is 1. The minimum absolute atomic E-state index is 1.26. The van der Waals surface area contributed by atoms with Crippen molar-refractivity contribution in [3.63, 3.8) is 0 Å². The van der Waals surface area contributed by atoms with E-state index in [1.165, 1.54) is 11.8 Å². The molecule has 16 heavy (non-hydrogen) atoms. The van der Waals surface area contributed by atoms with Crippen LogP contribution in [-0.4, -0.2) is 5.91 Å². The molecule has 0 spiro atoms. The number of carbonyl (C=O) groups excluding carboxylic acids is 1. The Hall–Kier alpha value is -2.10. The fourth-order valence-corrected chi connectivity index (χ4v) is 0.839. The molecule has 0 saturated heterocycles. The molecule has 1 aromatic carbocycles. The predicted molar refractivity (Wildman–Crippen MR) is 42.3 cm³/mol. The summed E-state index contributed by atoms with van der Waals surface area (Å²) in [5.41, 5.74) is 3.13. The van der Waals surface area contributed by atoms with Gasteiger partial charge in [-0.25, -0.2) is 22.0 Å². The Morgan fingerprint density at radius 2 is 1.25 bits per heavy atom. The average Bonchev–Trinajstić information content (AvgIpc) is 2.23. The van der Waals surface area contributed by atoms with Gasteiger partial charge in [-0.1, -0.05) is 5.92 Å². The summed E-state index contributed by atoms with van der Waals surface area (Å²) in [6.07, 6.45) is 0. The number of nitrogens with two attached hydrogens (primary N) is 1. The van der Waals surface area contributed by atoms with E-state index in [0.29, 0.717) is 0 Å². The zero-order valence-electron chi connectivity index (χ0n) is 7.38. The molecule has 7 heteroatoms. The zero-order valence-corrected chi connectivity index (χ0v) is 7.38. The van der Waals surface area contributed by atoms with Gasteiger partial charge >= 0.3 is 0 Å². The Labute approximate surface area is 85.9 Å². The standard InChI is InChI=1S/C9H2F5NO/c10-5-3(1-2-4(15)16)6(11)8(13)9(14)7(5)12/h(H2,15,16). The Kier molecular flexibility index (Phi) is 3.13. The van der Waals surface area contributed by atoms with Gasteiger partial charge in [-0.3, -0.25) is 4.79 Å². The molecule has 1 amide bonds. The summed E-state index contributed by atoms with van der Waals surface area (Å²) in [5, 5.41) is 0. The van der Waals surface area contributed by atoms with E-state index in [1.54, 1.807) is 0 Å². The maximum atomic E-state index is 12.9. The highest BCUT2D eigenvalue weighted by Gasteiger charge is 2.24. The summed E-state index contributed by atoms with van der Waals surface area (Å²) in [5.74, 6) is -9.09. The van der Waals surface area contributed by atoms with E-state index in [-0.39, 0.29) is 0 Å². The molecular weight excluding hydrogens is 233 g/mol. The van der Waals surface area contributed by atoms with Gasteiger partial charge in [0, 0.05) is 5.92 Å². The van der Waals surface area contributed by atoms with Crippen molar-refractivity contribution in [3.8, 4) is 11.8 Å². The summed E-state index contributed by atoms with van der Waals surface area (Å²) in [6.45, 7) is 0. The lowest BCUT2D eigenvalue weighted by molar-refractivity contribution is -0.112. The van der Waals surface area contributed by atoms with E-state index >= 15 is 0 Å². The largest absolute Gasteiger partial charge is 0.359 e. The van der Waals surface area contributed by atoms with Gasteiger partial charge in [0.2, 0.25) is 5.82 Å². The number of hydrogen-bond acceptors (Lipinski definition) is 1. The summed E-state index contributed by atoms with van der Waals surface area (Å²) in [7, 11) is 0. The molecule has 0 saturated carbocycles. The fourth-order valence-electron chi connectivity index (χ4n) is 0.839. The van der Waals surface area contributed by atoms with Crippen LogP contribution in [0.3, 0.4) is 0 Å². The molecule has 2 nitrogen and oxygen atoms in total. The molecule has 0 atom stereocenters. The molecule has 0 unspecified atom stereocenters. The Bertz CT molecular complexity index is 500. The number of hydrogen-bond donors (Lipinski definition) is 1. The zero-order chi connectivity index (χ0) is 12.5. The molecule has 0 aliphatic heterocycles. The SMILES string of the molecule is NC(=O)C#Cc1c(F)c(F)c(F)c(F)c1F. The maximum Gasteiger partial charge on any atom is 0.293 e. The monoisotopic (exact) mass is 235 g/mol. The maximum absolute atomic E-state index is 12.9. The number of rotatable bonds is 0. The van der Waals surface area contributed by atoms with E-state index in [4.69, 9.17) is 0 Å². The molecule has 0 aromatic heterocycles. The van der Waals surface area contributed by atoms with Crippen molar-refractivity contribution in [3.05, 3.63) is 34.6 Å². The van der Waals surface area contributed by atoms with Crippen LogP contribution in [0.15, 0.2) is 0 Å². The first-order valence-electron chi connectivity index (χ1n) is 3.69. The molecule has 0 aliphatic rings. The van der Waals surface area contributed by atoms with Gasteiger partial charge in [-0.2, -0.15) is 0 Å². The second kappa shape index (κ2) is 4.18. The molecular formula is C9H2F5NO. The van der Waals surface area contributed by atoms with Crippen molar-refractivity contribution in [1.29, 1.82) is 0 Å². The van der Waals surface area contributed by atoms with Gasteiger partial charge < -0.3 is 5.73 Å². The third-order valence-corrected chi connectivity index (χ3v) is 1.52. The minimum atomic E-state index is -2.29. The van der Waals surface area contributed by atoms with Crippen LogP contribution in [0.5, 0.6) is 0 Å². The lowest BCUT2D eigenvalue weighted by Crippen LogP contribution is -2.08. The van der Waals surface area contributed by atoms with Gasteiger partial charge in [0.15, 0.2) is 23.3 Å². The molecule has 1 aromatic rings. The molecule has 2 N–H and O–H groups in total. The Balaban J connectivity index is 3.54. The van der Waals surface area contributed by atoms with Crippen LogP contribution in [0.2, 0.25) is 0 Å². The fraction of sp³-hybridized carbons (Fsp3) is 0. The number of primary amides is 1. The smallest absolute Gasteiger partial charge is 0.293 e.